The molecule has 1 heteroatoms. The van der Waals surface area contributed by atoms with Crippen molar-refractivity contribution in [3.05, 3.63) is 24.3 Å². The number of ether oxygens (including phenoxy) is 1. The van der Waals surface area contributed by atoms with E-state index in [0.717, 1.165) is 24.0 Å². The third-order valence-corrected chi connectivity index (χ3v) is 2.70. The largest absolute Gasteiger partial charge is 0.363 e. The molecule has 10 heavy (non-hydrogen) atoms. The average Bonchev–Trinajstić information content (AvgIpc) is 2.35. The summed E-state index contributed by atoms with van der Waals surface area (Å²) in [7, 11) is 0. The Morgan fingerprint density at radius 2 is 2.30 bits per heavy atom. The van der Waals surface area contributed by atoms with Crippen LogP contribution in [0.25, 0.3) is 0 Å². The summed E-state index contributed by atoms with van der Waals surface area (Å²) in [6.45, 7) is 10.0. The number of fused-ring (bicyclic) bond motifs is 2. The highest BCUT2D eigenvalue weighted by molar-refractivity contribution is 5.43. The second-order valence-corrected chi connectivity index (χ2v) is 3.38. The van der Waals surface area contributed by atoms with E-state index in [1.165, 1.54) is 0 Å². The first-order valence-corrected chi connectivity index (χ1v) is 3.70. The number of hydrogen-bond donors (Lipinski definition) is 0. The van der Waals surface area contributed by atoms with E-state index in [1.54, 1.807) is 0 Å². The van der Waals surface area contributed by atoms with E-state index in [0.29, 0.717) is 0 Å². The standard InChI is InChI=1S/C9H12O/c1-6-7(2)9(3)5-4-8(6)10-9/h8H,1-2,4-5H2,3H3/t8-,9+/m0/s1. The lowest BCUT2D eigenvalue weighted by Crippen LogP contribution is -2.21. The van der Waals surface area contributed by atoms with Gasteiger partial charge in [0.05, 0.1) is 11.7 Å². The Morgan fingerprint density at radius 1 is 1.60 bits per heavy atom. The summed E-state index contributed by atoms with van der Waals surface area (Å²) in [5.41, 5.74) is 2.18. The zero-order valence-corrected chi connectivity index (χ0v) is 6.31. The molecule has 0 N–H and O–H groups in total. The van der Waals surface area contributed by atoms with E-state index in [4.69, 9.17) is 4.74 Å². The summed E-state index contributed by atoms with van der Waals surface area (Å²) in [5.74, 6) is 0. The highest BCUT2D eigenvalue weighted by Gasteiger charge is 2.47. The molecular weight excluding hydrogens is 124 g/mol. The summed E-state index contributed by atoms with van der Waals surface area (Å²) in [4.78, 5) is 0. The fraction of sp³-hybridized carbons (Fsp3) is 0.556. The van der Waals surface area contributed by atoms with Crippen LogP contribution in [0.3, 0.4) is 0 Å². The minimum absolute atomic E-state index is 0.0538. The van der Waals surface area contributed by atoms with Crippen molar-refractivity contribution in [1.29, 1.82) is 0 Å². The van der Waals surface area contributed by atoms with Crippen molar-refractivity contribution < 1.29 is 4.74 Å². The minimum atomic E-state index is -0.0538. The van der Waals surface area contributed by atoms with Crippen LogP contribution in [0.15, 0.2) is 24.3 Å². The van der Waals surface area contributed by atoms with Gasteiger partial charge < -0.3 is 4.74 Å². The maximum absolute atomic E-state index is 5.69. The van der Waals surface area contributed by atoms with Crippen LogP contribution in [0.2, 0.25) is 0 Å². The van der Waals surface area contributed by atoms with Gasteiger partial charge in [-0.2, -0.15) is 0 Å². The Kier molecular flexibility index (Phi) is 0.948. The monoisotopic (exact) mass is 136 g/mol. The Balaban J connectivity index is 2.43. The molecule has 0 aromatic heterocycles. The first-order valence-electron chi connectivity index (χ1n) is 3.70. The van der Waals surface area contributed by atoms with Crippen LogP contribution >= 0.6 is 0 Å². The lowest BCUT2D eigenvalue weighted by Gasteiger charge is -2.20. The zero-order valence-electron chi connectivity index (χ0n) is 6.31. The highest BCUT2D eigenvalue weighted by atomic mass is 16.5. The van der Waals surface area contributed by atoms with Crippen molar-refractivity contribution in [2.45, 2.75) is 31.5 Å². The second kappa shape index (κ2) is 1.54. The van der Waals surface area contributed by atoms with Gasteiger partial charge in [-0.05, 0) is 30.9 Å². The molecule has 2 atom stereocenters. The molecule has 0 aromatic rings. The molecule has 0 aliphatic carbocycles. The molecule has 2 heterocycles. The number of rotatable bonds is 0. The van der Waals surface area contributed by atoms with Gasteiger partial charge in [-0.15, -0.1) is 0 Å². The van der Waals surface area contributed by atoms with Gasteiger partial charge in [0.1, 0.15) is 0 Å². The van der Waals surface area contributed by atoms with E-state index in [2.05, 4.69) is 20.1 Å². The second-order valence-electron chi connectivity index (χ2n) is 3.38. The van der Waals surface area contributed by atoms with Gasteiger partial charge in [-0.3, -0.25) is 0 Å². The molecule has 0 radical (unpaired) electrons. The van der Waals surface area contributed by atoms with Gasteiger partial charge in [0.15, 0.2) is 0 Å². The molecule has 2 bridgehead atoms. The van der Waals surface area contributed by atoms with E-state index >= 15 is 0 Å². The molecule has 2 aliphatic heterocycles. The summed E-state index contributed by atoms with van der Waals surface area (Å²) in [5, 5.41) is 0. The van der Waals surface area contributed by atoms with E-state index in [-0.39, 0.29) is 11.7 Å². The first-order chi connectivity index (χ1) is 4.63. The molecular formula is C9H12O. The van der Waals surface area contributed by atoms with Crippen molar-refractivity contribution >= 4 is 0 Å². The first kappa shape index (κ1) is 6.17. The molecule has 2 saturated heterocycles. The predicted octanol–water partition coefficient (Wildman–Crippen LogP) is 2.05. The van der Waals surface area contributed by atoms with Gasteiger partial charge in [0.25, 0.3) is 0 Å². The lowest BCUT2D eigenvalue weighted by atomic mass is 9.83. The molecule has 2 fully saturated rings. The predicted molar refractivity (Wildman–Crippen MR) is 40.8 cm³/mol. The van der Waals surface area contributed by atoms with Gasteiger partial charge in [-0.25, -0.2) is 0 Å². The molecule has 1 nitrogen and oxygen atoms in total. The van der Waals surface area contributed by atoms with Crippen LogP contribution in [0, 0.1) is 0 Å². The van der Waals surface area contributed by atoms with Crippen molar-refractivity contribution in [2.75, 3.05) is 0 Å². The normalized spacial score (nSPS) is 45.1. The fourth-order valence-electron chi connectivity index (χ4n) is 1.84. The molecule has 54 valence electrons. The van der Waals surface area contributed by atoms with Crippen molar-refractivity contribution in [3.8, 4) is 0 Å². The third kappa shape index (κ3) is 0.517. The topological polar surface area (TPSA) is 9.23 Å². The molecule has 0 unspecified atom stereocenters. The van der Waals surface area contributed by atoms with Crippen LogP contribution in [0.5, 0.6) is 0 Å². The van der Waals surface area contributed by atoms with Crippen molar-refractivity contribution in [1.82, 2.24) is 0 Å². The Labute approximate surface area is 61.4 Å². The maximum Gasteiger partial charge on any atom is 0.0910 e. The van der Waals surface area contributed by atoms with Crippen molar-refractivity contribution in [2.24, 2.45) is 0 Å². The SMILES string of the molecule is C=C1C(=C)[C@@]2(C)CC[C@@H]1O2. The van der Waals surface area contributed by atoms with Crippen LogP contribution in [0.1, 0.15) is 19.8 Å². The lowest BCUT2D eigenvalue weighted by molar-refractivity contribution is 0.0488. The van der Waals surface area contributed by atoms with Gasteiger partial charge in [0, 0.05) is 0 Å². The summed E-state index contributed by atoms with van der Waals surface area (Å²) < 4.78 is 5.69. The Morgan fingerprint density at radius 3 is 2.60 bits per heavy atom. The third-order valence-electron chi connectivity index (χ3n) is 2.70. The number of hydrogen-bond acceptors (Lipinski definition) is 1. The zero-order chi connectivity index (χ0) is 7.35. The quantitative estimate of drug-likeness (QED) is 0.495. The molecule has 0 spiro atoms. The van der Waals surface area contributed by atoms with Crippen molar-refractivity contribution in [3.63, 3.8) is 0 Å². The van der Waals surface area contributed by atoms with Crippen LogP contribution in [-0.2, 0) is 4.74 Å². The minimum Gasteiger partial charge on any atom is -0.363 e. The molecule has 2 aliphatic rings. The fourth-order valence-corrected chi connectivity index (χ4v) is 1.84. The molecule has 2 rings (SSSR count). The summed E-state index contributed by atoms with van der Waals surface area (Å²) in [6, 6.07) is 0. The van der Waals surface area contributed by atoms with E-state index in [9.17, 15) is 0 Å². The van der Waals surface area contributed by atoms with E-state index < -0.39 is 0 Å². The van der Waals surface area contributed by atoms with Gasteiger partial charge in [0.2, 0.25) is 0 Å². The van der Waals surface area contributed by atoms with E-state index in [1.807, 2.05) is 0 Å². The average molecular weight is 136 g/mol. The van der Waals surface area contributed by atoms with Crippen LogP contribution in [-0.4, -0.2) is 11.7 Å². The van der Waals surface area contributed by atoms with Gasteiger partial charge >= 0.3 is 0 Å². The smallest absolute Gasteiger partial charge is 0.0910 e. The Bertz CT molecular complexity index is 217. The highest BCUT2D eigenvalue weighted by Crippen LogP contribution is 2.48. The molecule has 0 amide bonds. The maximum atomic E-state index is 5.69. The summed E-state index contributed by atoms with van der Waals surface area (Å²) in [6.07, 6.45) is 2.54. The summed E-state index contributed by atoms with van der Waals surface area (Å²) >= 11 is 0. The Hall–Kier alpha value is -0.560. The molecule has 0 aromatic carbocycles. The van der Waals surface area contributed by atoms with Crippen LogP contribution < -0.4 is 0 Å². The van der Waals surface area contributed by atoms with Crippen LogP contribution in [0.4, 0.5) is 0 Å². The van der Waals surface area contributed by atoms with Gasteiger partial charge in [-0.1, -0.05) is 13.2 Å². The molecule has 0 saturated carbocycles.